The van der Waals surface area contributed by atoms with Crippen molar-refractivity contribution in [1.82, 2.24) is 0 Å². The highest BCUT2D eigenvalue weighted by atomic mass is 16.5. The van der Waals surface area contributed by atoms with Gasteiger partial charge >= 0.3 is 0 Å². The minimum atomic E-state index is -0.588. The molecule has 1 saturated carbocycles. The van der Waals surface area contributed by atoms with E-state index in [0.717, 1.165) is 12.8 Å². The molecule has 0 aromatic heterocycles. The predicted molar refractivity (Wildman–Crippen MR) is 41.3 cm³/mol. The highest BCUT2D eigenvalue weighted by Crippen LogP contribution is 2.39. The number of ether oxygens (including phenoxy) is 1. The Balaban J connectivity index is 2.16. The number of hydrogen-bond donors (Lipinski definition) is 2. The summed E-state index contributed by atoms with van der Waals surface area (Å²) >= 11 is 0. The molecule has 0 heterocycles. The third kappa shape index (κ3) is 2.43. The van der Waals surface area contributed by atoms with Crippen LogP contribution in [0.15, 0.2) is 0 Å². The Labute approximate surface area is 67.0 Å². The smallest absolute Gasteiger partial charge is 0.0907 e. The van der Waals surface area contributed by atoms with Gasteiger partial charge in [-0.05, 0) is 26.7 Å². The van der Waals surface area contributed by atoms with Gasteiger partial charge in [0.25, 0.3) is 0 Å². The molecule has 2 atom stereocenters. The summed E-state index contributed by atoms with van der Waals surface area (Å²) in [4.78, 5) is 0. The molecule has 2 unspecified atom stereocenters. The van der Waals surface area contributed by atoms with E-state index >= 15 is 0 Å². The molecule has 0 bridgehead atoms. The van der Waals surface area contributed by atoms with Gasteiger partial charge < -0.3 is 14.9 Å². The van der Waals surface area contributed by atoms with E-state index in [4.69, 9.17) is 9.84 Å². The highest BCUT2D eigenvalue weighted by molar-refractivity contribution is 4.98. The molecule has 1 rings (SSSR count). The van der Waals surface area contributed by atoms with Crippen LogP contribution in [-0.4, -0.2) is 34.6 Å². The molecule has 1 aliphatic rings. The van der Waals surface area contributed by atoms with Crippen LogP contribution in [0.1, 0.15) is 26.7 Å². The Hall–Kier alpha value is -0.120. The topological polar surface area (TPSA) is 49.7 Å². The zero-order valence-electron chi connectivity index (χ0n) is 7.08. The van der Waals surface area contributed by atoms with Gasteiger partial charge in [-0.25, -0.2) is 0 Å². The lowest BCUT2D eigenvalue weighted by Gasteiger charge is -2.19. The molecule has 2 N–H and O–H groups in total. The molecule has 1 aliphatic carbocycles. The summed E-state index contributed by atoms with van der Waals surface area (Å²) in [5.41, 5.74) is -0.588. The van der Waals surface area contributed by atoms with Crippen LogP contribution in [-0.2, 0) is 4.74 Å². The first-order valence-electron chi connectivity index (χ1n) is 4.06. The first-order valence-corrected chi connectivity index (χ1v) is 4.06. The van der Waals surface area contributed by atoms with Crippen LogP contribution in [0.4, 0.5) is 0 Å². The van der Waals surface area contributed by atoms with E-state index < -0.39 is 11.7 Å². The van der Waals surface area contributed by atoms with E-state index in [9.17, 15) is 5.11 Å². The van der Waals surface area contributed by atoms with Crippen LogP contribution in [0, 0.1) is 0 Å². The zero-order valence-corrected chi connectivity index (χ0v) is 7.08. The monoisotopic (exact) mass is 160 g/mol. The molecular weight excluding hydrogens is 144 g/mol. The van der Waals surface area contributed by atoms with E-state index in [0.29, 0.717) is 6.61 Å². The average Bonchev–Trinajstić information content (AvgIpc) is 2.64. The SMILES string of the molecule is CC(O)COC(C)C1(O)CC1. The molecule has 3 nitrogen and oxygen atoms in total. The number of hydrogen-bond acceptors (Lipinski definition) is 3. The predicted octanol–water partition coefficient (Wildman–Crippen LogP) is 0.297. The number of rotatable bonds is 4. The van der Waals surface area contributed by atoms with Crippen molar-refractivity contribution in [1.29, 1.82) is 0 Å². The molecule has 0 aromatic rings. The minimum absolute atomic E-state index is 0.142. The van der Waals surface area contributed by atoms with Crippen LogP contribution >= 0.6 is 0 Å². The summed E-state index contributed by atoms with van der Waals surface area (Å²) < 4.78 is 5.23. The van der Waals surface area contributed by atoms with Crippen molar-refractivity contribution < 1.29 is 14.9 Å². The maximum atomic E-state index is 9.50. The Bertz CT molecular complexity index is 129. The van der Waals surface area contributed by atoms with Gasteiger partial charge in [0.05, 0.1) is 24.4 Å². The Morgan fingerprint density at radius 1 is 1.45 bits per heavy atom. The van der Waals surface area contributed by atoms with Crippen molar-refractivity contribution in [2.45, 2.75) is 44.5 Å². The average molecular weight is 160 g/mol. The second kappa shape index (κ2) is 3.09. The standard InChI is InChI=1S/C8H16O3/c1-6(9)5-11-7(2)8(10)3-4-8/h6-7,9-10H,3-5H2,1-2H3. The molecule has 66 valence electrons. The fourth-order valence-electron chi connectivity index (χ4n) is 0.973. The van der Waals surface area contributed by atoms with Crippen molar-refractivity contribution in [2.24, 2.45) is 0 Å². The summed E-state index contributed by atoms with van der Waals surface area (Å²) in [7, 11) is 0. The first-order chi connectivity index (χ1) is 5.04. The van der Waals surface area contributed by atoms with Gasteiger partial charge in [-0.15, -0.1) is 0 Å². The third-order valence-corrected chi connectivity index (χ3v) is 2.11. The molecule has 0 radical (unpaired) electrons. The minimum Gasteiger partial charge on any atom is -0.391 e. The normalized spacial score (nSPS) is 26.2. The van der Waals surface area contributed by atoms with Crippen molar-refractivity contribution in [2.75, 3.05) is 6.61 Å². The van der Waals surface area contributed by atoms with Gasteiger partial charge in [-0.2, -0.15) is 0 Å². The van der Waals surface area contributed by atoms with E-state index in [1.165, 1.54) is 0 Å². The van der Waals surface area contributed by atoms with Crippen molar-refractivity contribution >= 4 is 0 Å². The lowest BCUT2D eigenvalue weighted by Crippen LogP contribution is -2.30. The molecule has 11 heavy (non-hydrogen) atoms. The van der Waals surface area contributed by atoms with E-state index in [1.807, 2.05) is 6.92 Å². The molecule has 0 amide bonds. The van der Waals surface area contributed by atoms with Gasteiger partial charge in [0.2, 0.25) is 0 Å². The quantitative estimate of drug-likeness (QED) is 0.621. The van der Waals surface area contributed by atoms with E-state index in [1.54, 1.807) is 6.92 Å². The molecule has 1 fully saturated rings. The highest BCUT2D eigenvalue weighted by Gasteiger charge is 2.46. The summed E-state index contributed by atoms with van der Waals surface area (Å²) in [6.07, 6.45) is 1.07. The van der Waals surface area contributed by atoms with Crippen molar-refractivity contribution in [3.05, 3.63) is 0 Å². The molecule has 0 spiro atoms. The van der Waals surface area contributed by atoms with Crippen molar-refractivity contribution in [3.8, 4) is 0 Å². The maximum absolute atomic E-state index is 9.50. The number of aliphatic hydroxyl groups excluding tert-OH is 1. The van der Waals surface area contributed by atoms with Crippen LogP contribution in [0.5, 0.6) is 0 Å². The second-order valence-electron chi connectivity index (χ2n) is 3.43. The molecule has 0 aromatic carbocycles. The molecular formula is C8H16O3. The maximum Gasteiger partial charge on any atom is 0.0907 e. The summed E-state index contributed by atoms with van der Waals surface area (Å²) in [6.45, 7) is 3.82. The Morgan fingerprint density at radius 3 is 2.36 bits per heavy atom. The van der Waals surface area contributed by atoms with Gasteiger partial charge in [0.1, 0.15) is 0 Å². The van der Waals surface area contributed by atoms with Gasteiger partial charge in [0.15, 0.2) is 0 Å². The van der Waals surface area contributed by atoms with E-state index in [-0.39, 0.29) is 6.10 Å². The third-order valence-electron chi connectivity index (χ3n) is 2.11. The fourth-order valence-corrected chi connectivity index (χ4v) is 0.973. The van der Waals surface area contributed by atoms with Crippen LogP contribution < -0.4 is 0 Å². The summed E-state index contributed by atoms with van der Waals surface area (Å²) in [5, 5.41) is 18.4. The van der Waals surface area contributed by atoms with Crippen LogP contribution in [0.25, 0.3) is 0 Å². The van der Waals surface area contributed by atoms with Gasteiger partial charge in [-0.3, -0.25) is 0 Å². The summed E-state index contributed by atoms with van der Waals surface area (Å²) in [5.74, 6) is 0. The van der Waals surface area contributed by atoms with Crippen molar-refractivity contribution in [3.63, 3.8) is 0 Å². The van der Waals surface area contributed by atoms with Crippen LogP contribution in [0.3, 0.4) is 0 Å². The largest absolute Gasteiger partial charge is 0.391 e. The van der Waals surface area contributed by atoms with E-state index in [2.05, 4.69) is 0 Å². The lowest BCUT2D eigenvalue weighted by atomic mass is 10.2. The lowest BCUT2D eigenvalue weighted by molar-refractivity contribution is -0.0657. The summed E-state index contributed by atoms with van der Waals surface area (Å²) in [6, 6.07) is 0. The molecule has 0 saturated heterocycles. The second-order valence-corrected chi connectivity index (χ2v) is 3.43. The zero-order chi connectivity index (χ0) is 8.48. The Morgan fingerprint density at radius 2 is 2.00 bits per heavy atom. The van der Waals surface area contributed by atoms with Gasteiger partial charge in [-0.1, -0.05) is 0 Å². The first kappa shape index (κ1) is 8.97. The number of aliphatic hydroxyl groups is 2. The Kier molecular flexibility index (Phi) is 2.52. The molecule has 3 heteroatoms. The van der Waals surface area contributed by atoms with Gasteiger partial charge in [0, 0.05) is 0 Å². The van der Waals surface area contributed by atoms with Crippen LogP contribution in [0.2, 0.25) is 0 Å². The molecule has 0 aliphatic heterocycles. The fraction of sp³-hybridized carbons (Fsp3) is 1.00.